The summed E-state index contributed by atoms with van der Waals surface area (Å²) >= 11 is 13.4. The number of anilines is 4. The number of urea groups is 1. The van der Waals surface area contributed by atoms with Crippen molar-refractivity contribution in [2.75, 3.05) is 28.9 Å². The number of hydrogen-bond donors (Lipinski definition) is 0. The highest BCUT2D eigenvalue weighted by atomic mass is 35.5. The summed E-state index contributed by atoms with van der Waals surface area (Å²) in [6, 6.07) is 6.79. The molecule has 49 heavy (non-hydrogen) atoms. The number of aromatic nitrogens is 2. The van der Waals surface area contributed by atoms with Crippen LogP contribution in [0.5, 0.6) is 11.5 Å². The number of imide groups is 1. The number of ether oxygens (including phenoxy) is 4. The lowest BCUT2D eigenvalue weighted by atomic mass is 10.2. The summed E-state index contributed by atoms with van der Waals surface area (Å²) in [5.74, 6) is -0.103. The first-order chi connectivity index (χ1) is 22.9. The number of hydrogen-bond acceptors (Lipinski definition) is 11. The van der Waals surface area contributed by atoms with E-state index < -0.39 is 46.1 Å². The summed E-state index contributed by atoms with van der Waals surface area (Å²) in [6.45, 7) is 9.76. The molecule has 15 nitrogen and oxygen atoms in total. The number of benzene rings is 2. The molecule has 4 amide bonds. The number of methoxy groups -OCH3 is 2. The van der Waals surface area contributed by atoms with Crippen LogP contribution in [0.1, 0.15) is 54.4 Å². The van der Waals surface area contributed by atoms with E-state index in [0.29, 0.717) is 17.7 Å². The van der Waals surface area contributed by atoms with E-state index in [4.69, 9.17) is 42.1 Å². The fraction of sp³-hybridized carbons (Fsp3) is 0.406. The standard InChI is InChI=1S/C32H36Cl2N6O9/c1-31(2,3)48-29(42)38(19-11-9-10-12-20(19)40(44)45)24-16-23(35-17-36-24)37(18-13-14-18)28(41)39(30(43)49-32(4,5)6)27-25(33)21(46-7)15-22(47-8)26(27)34/h9-12,15-18H,13-14H2,1-8H3. The smallest absolute Gasteiger partial charge is 0.423 e. The first kappa shape index (κ1) is 36.9. The zero-order chi connectivity index (χ0) is 36.4. The minimum absolute atomic E-state index is 0.0547. The largest absolute Gasteiger partial charge is 0.495 e. The lowest BCUT2D eigenvalue weighted by Gasteiger charge is -2.32. The van der Waals surface area contributed by atoms with Gasteiger partial charge in [0.1, 0.15) is 62.1 Å². The number of halogens is 2. The Balaban J connectivity index is 1.92. The minimum Gasteiger partial charge on any atom is -0.495 e. The van der Waals surface area contributed by atoms with E-state index in [1.165, 1.54) is 55.5 Å². The zero-order valence-corrected chi connectivity index (χ0v) is 29.7. The third-order valence-corrected chi connectivity index (χ3v) is 7.40. The van der Waals surface area contributed by atoms with Gasteiger partial charge in [0, 0.05) is 24.2 Å². The third-order valence-electron chi connectivity index (χ3n) is 6.67. The van der Waals surface area contributed by atoms with Gasteiger partial charge in [-0.15, -0.1) is 0 Å². The maximum absolute atomic E-state index is 14.7. The lowest BCUT2D eigenvalue weighted by molar-refractivity contribution is -0.384. The van der Waals surface area contributed by atoms with Crippen LogP contribution in [0.15, 0.2) is 42.7 Å². The van der Waals surface area contributed by atoms with Crippen LogP contribution in [0.25, 0.3) is 0 Å². The van der Waals surface area contributed by atoms with Crippen molar-refractivity contribution >= 4 is 70.1 Å². The van der Waals surface area contributed by atoms with Gasteiger partial charge in [0.25, 0.3) is 5.69 Å². The Morgan fingerprint density at radius 1 is 0.857 bits per heavy atom. The Labute approximate surface area is 292 Å². The molecule has 4 rings (SSSR count). The molecule has 1 aromatic heterocycles. The third kappa shape index (κ3) is 8.40. The van der Waals surface area contributed by atoms with Crippen molar-refractivity contribution in [2.24, 2.45) is 0 Å². The van der Waals surface area contributed by atoms with E-state index in [1.807, 2.05) is 0 Å². The molecular formula is C32H36Cl2N6O9. The summed E-state index contributed by atoms with van der Waals surface area (Å²) < 4.78 is 22.0. The number of para-hydroxylation sites is 2. The van der Waals surface area contributed by atoms with Crippen molar-refractivity contribution < 1.29 is 38.3 Å². The Morgan fingerprint density at radius 2 is 1.39 bits per heavy atom. The van der Waals surface area contributed by atoms with E-state index in [2.05, 4.69) is 9.97 Å². The van der Waals surface area contributed by atoms with Crippen molar-refractivity contribution in [3.8, 4) is 11.5 Å². The highest BCUT2D eigenvalue weighted by Crippen LogP contribution is 2.47. The number of carbonyl (C=O) groups is 3. The van der Waals surface area contributed by atoms with E-state index in [-0.39, 0.29) is 44.6 Å². The summed E-state index contributed by atoms with van der Waals surface area (Å²) in [5, 5.41) is 11.6. The van der Waals surface area contributed by atoms with Crippen LogP contribution in [0.2, 0.25) is 10.0 Å². The quantitative estimate of drug-likeness (QED) is 0.162. The summed E-state index contributed by atoms with van der Waals surface area (Å²) in [6.07, 6.45) is 0.0257. The Kier molecular flexibility index (Phi) is 10.8. The molecule has 0 spiro atoms. The van der Waals surface area contributed by atoms with Crippen LogP contribution < -0.4 is 24.2 Å². The Morgan fingerprint density at radius 3 is 1.90 bits per heavy atom. The van der Waals surface area contributed by atoms with Crippen molar-refractivity contribution in [3.05, 3.63) is 62.9 Å². The molecule has 1 saturated carbocycles. The van der Waals surface area contributed by atoms with Crippen LogP contribution in [0.3, 0.4) is 0 Å². The first-order valence-corrected chi connectivity index (χ1v) is 15.7. The maximum atomic E-state index is 14.7. The number of rotatable bonds is 8. The molecule has 1 aliphatic carbocycles. The average Bonchev–Trinajstić information content (AvgIpc) is 3.83. The monoisotopic (exact) mass is 718 g/mol. The number of nitrogens with zero attached hydrogens (tertiary/aromatic N) is 6. The summed E-state index contributed by atoms with van der Waals surface area (Å²) in [4.78, 5) is 64.8. The van der Waals surface area contributed by atoms with Crippen molar-refractivity contribution in [1.29, 1.82) is 0 Å². The summed E-state index contributed by atoms with van der Waals surface area (Å²) in [7, 11) is 2.68. The van der Waals surface area contributed by atoms with E-state index in [9.17, 15) is 24.5 Å². The fourth-order valence-electron chi connectivity index (χ4n) is 4.54. The van der Waals surface area contributed by atoms with Gasteiger partial charge in [-0.25, -0.2) is 29.3 Å². The number of amides is 4. The van der Waals surface area contributed by atoms with Crippen LogP contribution in [0.4, 0.5) is 43.1 Å². The van der Waals surface area contributed by atoms with Gasteiger partial charge in [0.05, 0.1) is 19.1 Å². The zero-order valence-electron chi connectivity index (χ0n) is 28.1. The van der Waals surface area contributed by atoms with Crippen LogP contribution in [-0.4, -0.2) is 64.6 Å². The van der Waals surface area contributed by atoms with E-state index in [1.54, 1.807) is 41.5 Å². The number of carbonyl (C=O) groups excluding carboxylic acids is 3. The second-order valence-corrected chi connectivity index (χ2v) is 13.5. The molecule has 1 fully saturated rings. The Hall–Kier alpha value is -4.89. The second-order valence-electron chi connectivity index (χ2n) is 12.8. The molecule has 0 N–H and O–H groups in total. The Bertz CT molecular complexity index is 1740. The van der Waals surface area contributed by atoms with Gasteiger partial charge in [-0.2, -0.15) is 4.90 Å². The topological polar surface area (TPSA) is 167 Å². The molecule has 0 saturated heterocycles. The molecular weight excluding hydrogens is 683 g/mol. The van der Waals surface area contributed by atoms with Gasteiger partial charge < -0.3 is 18.9 Å². The minimum atomic E-state index is -1.12. The molecule has 0 bridgehead atoms. The van der Waals surface area contributed by atoms with Crippen LogP contribution >= 0.6 is 23.2 Å². The van der Waals surface area contributed by atoms with E-state index in [0.717, 1.165) is 11.2 Å². The van der Waals surface area contributed by atoms with Crippen LogP contribution in [-0.2, 0) is 9.47 Å². The number of nitro benzene ring substituents is 1. The molecule has 0 aliphatic heterocycles. The van der Waals surface area contributed by atoms with Gasteiger partial charge in [0.15, 0.2) is 0 Å². The van der Waals surface area contributed by atoms with Crippen LogP contribution in [0, 0.1) is 10.1 Å². The molecule has 262 valence electrons. The molecule has 2 aromatic carbocycles. The van der Waals surface area contributed by atoms with Gasteiger partial charge in [-0.05, 0) is 60.5 Å². The van der Waals surface area contributed by atoms with Crippen molar-refractivity contribution in [1.82, 2.24) is 9.97 Å². The highest BCUT2D eigenvalue weighted by Gasteiger charge is 2.43. The molecule has 0 radical (unpaired) electrons. The molecule has 17 heteroatoms. The number of nitro groups is 1. The van der Waals surface area contributed by atoms with Gasteiger partial charge in [-0.1, -0.05) is 35.3 Å². The first-order valence-electron chi connectivity index (χ1n) is 14.9. The average molecular weight is 720 g/mol. The maximum Gasteiger partial charge on any atom is 0.423 e. The normalized spacial score (nSPS) is 12.9. The van der Waals surface area contributed by atoms with Gasteiger partial charge in [0.2, 0.25) is 0 Å². The molecule has 1 heterocycles. The van der Waals surface area contributed by atoms with E-state index >= 15 is 0 Å². The fourth-order valence-corrected chi connectivity index (χ4v) is 5.21. The molecule has 0 atom stereocenters. The lowest BCUT2D eigenvalue weighted by Crippen LogP contribution is -2.50. The predicted molar refractivity (Wildman–Crippen MR) is 183 cm³/mol. The van der Waals surface area contributed by atoms with Gasteiger partial charge >= 0.3 is 18.2 Å². The molecule has 3 aromatic rings. The van der Waals surface area contributed by atoms with Gasteiger partial charge in [-0.3, -0.25) is 15.0 Å². The molecule has 1 aliphatic rings. The predicted octanol–water partition coefficient (Wildman–Crippen LogP) is 8.31. The molecule has 0 unspecified atom stereocenters. The summed E-state index contributed by atoms with van der Waals surface area (Å²) in [5.41, 5.74) is -2.87. The highest BCUT2D eigenvalue weighted by molar-refractivity contribution is 6.43. The van der Waals surface area contributed by atoms with Crippen molar-refractivity contribution in [3.63, 3.8) is 0 Å². The second kappa shape index (κ2) is 14.3. The van der Waals surface area contributed by atoms with Crippen molar-refractivity contribution in [2.45, 2.75) is 71.6 Å². The SMILES string of the molecule is COc1cc(OC)c(Cl)c(N(C(=O)OC(C)(C)C)C(=O)N(c2cc(N(C(=O)OC(C)(C)C)c3ccccc3[N+](=O)[O-])ncn2)C2CC2)c1Cl.